The molecule has 15 heteroatoms. The Morgan fingerprint density at radius 2 is 1.64 bits per heavy atom. The second-order valence-corrected chi connectivity index (χ2v) is 8.93. The lowest BCUT2D eigenvalue weighted by Gasteiger charge is -2.35. The summed E-state index contributed by atoms with van der Waals surface area (Å²) in [4.78, 5) is 25.4. The van der Waals surface area contributed by atoms with E-state index in [1.165, 1.54) is 0 Å². The Morgan fingerprint density at radius 1 is 0.972 bits per heavy atom. The van der Waals surface area contributed by atoms with Crippen LogP contribution in [0.25, 0.3) is 0 Å². The van der Waals surface area contributed by atoms with Gasteiger partial charge in [-0.1, -0.05) is 11.6 Å². The Labute approximate surface area is 207 Å². The Bertz CT molecular complexity index is 1070. The number of aromatic nitrogens is 4. The van der Waals surface area contributed by atoms with E-state index in [0.29, 0.717) is 45.6 Å². The van der Waals surface area contributed by atoms with Gasteiger partial charge in [-0.3, -0.25) is 4.79 Å². The van der Waals surface area contributed by atoms with Crippen molar-refractivity contribution in [2.24, 2.45) is 0 Å². The highest BCUT2D eigenvalue weighted by Gasteiger charge is 2.37. The first kappa shape index (κ1) is 26.2. The molecule has 2 fully saturated rings. The van der Waals surface area contributed by atoms with Crippen molar-refractivity contribution in [3.63, 3.8) is 0 Å². The van der Waals surface area contributed by atoms with Gasteiger partial charge in [0.25, 0.3) is 0 Å². The largest absolute Gasteiger partial charge is 0.419 e. The fraction of sp³-hybridized carbons (Fsp3) is 0.571. The summed E-state index contributed by atoms with van der Waals surface area (Å²) in [5.41, 5.74) is -1.98. The first-order valence-corrected chi connectivity index (χ1v) is 11.6. The van der Waals surface area contributed by atoms with Crippen LogP contribution in [0.3, 0.4) is 0 Å². The number of alkyl halides is 6. The molecule has 196 valence electrons. The van der Waals surface area contributed by atoms with Gasteiger partial charge in [-0.15, -0.1) is 10.2 Å². The lowest BCUT2D eigenvalue weighted by molar-refractivity contribution is -0.138. The third-order valence-corrected chi connectivity index (χ3v) is 6.56. The van der Waals surface area contributed by atoms with Crippen molar-refractivity contribution in [1.82, 2.24) is 25.1 Å². The molecule has 8 nitrogen and oxygen atoms in total. The fourth-order valence-electron chi connectivity index (χ4n) is 4.38. The molecule has 2 aromatic rings. The molecule has 0 saturated carbocycles. The molecule has 0 radical (unpaired) electrons. The van der Waals surface area contributed by atoms with E-state index in [2.05, 4.69) is 20.2 Å². The summed E-state index contributed by atoms with van der Waals surface area (Å²) < 4.78 is 77.7. The molecule has 1 amide bonds. The normalized spacial score (nSPS) is 19.2. The van der Waals surface area contributed by atoms with Gasteiger partial charge in [0.2, 0.25) is 11.9 Å². The van der Waals surface area contributed by atoms with Crippen LogP contribution < -0.4 is 9.80 Å². The highest BCUT2D eigenvalue weighted by molar-refractivity contribution is 6.30. The topological polar surface area (TPSA) is 78.4 Å². The minimum atomic E-state index is -4.65. The maximum Gasteiger partial charge on any atom is 0.419 e. The van der Waals surface area contributed by atoms with Crippen LogP contribution in [0, 0.1) is 0 Å². The van der Waals surface area contributed by atoms with Crippen LogP contribution in [0.2, 0.25) is 5.15 Å². The molecule has 0 aromatic carbocycles. The molecule has 1 atom stereocenters. The van der Waals surface area contributed by atoms with E-state index >= 15 is 0 Å². The average Bonchev–Trinajstić information content (AvgIpc) is 3.30. The summed E-state index contributed by atoms with van der Waals surface area (Å²) in [6.45, 7) is 1.95. The van der Waals surface area contributed by atoms with Gasteiger partial charge in [-0.2, -0.15) is 26.3 Å². The predicted molar refractivity (Wildman–Crippen MR) is 117 cm³/mol. The zero-order chi connectivity index (χ0) is 26.1. The zero-order valence-corrected chi connectivity index (χ0v) is 19.6. The maximum absolute atomic E-state index is 13.2. The van der Waals surface area contributed by atoms with E-state index in [1.54, 1.807) is 14.7 Å². The first-order chi connectivity index (χ1) is 16.9. The van der Waals surface area contributed by atoms with Gasteiger partial charge < -0.3 is 14.7 Å². The third kappa shape index (κ3) is 5.90. The lowest BCUT2D eigenvalue weighted by Crippen LogP contribution is -2.49. The van der Waals surface area contributed by atoms with E-state index in [0.717, 1.165) is 24.9 Å². The van der Waals surface area contributed by atoms with Gasteiger partial charge in [0.1, 0.15) is 0 Å². The molecule has 0 N–H and O–H groups in total. The summed E-state index contributed by atoms with van der Waals surface area (Å²) in [5.74, 6) is 0.138. The van der Waals surface area contributed by atoms with Gasteiger partial charge >= 0.3 is 12.4 Å². The van der Waals surface area contributed by atoms with Crippen molar-refractivity contribution in [2.75, 3.05) is 42.5 Å². The second kappa shape index (κ2) is 10.2. The van der Waals surface area contributed by atoms with Crippen LogP contribution in [0.5, 0.6) is 0 Å². The average molecular weight is 538 g/mol. The van der Waals surface area contributed by atoms with Gasteiger partial charge in [0, 0.05) is 57.6 Å². The van der Waals surface area contributed by atoms with E-state index in [9.17, 15) is 31.1 Å². The molecule has 0 unspecified atom stereocenters. The highest BCUT2D eigenvalue weighted by Crippen LogP contribution is 2.36. The minimum Gasteiger partial charge on any atom is -0.352 e. The molecule has 2 aliphatic heterocycles. The van der Waals surface area contributed by atoms with Crippen LogP contribution in [0.1, 0.15) is 36.8 Å². The number of piperazine rings is 1. The summed E-state index contributed by atoms with van der Waals surface area (Å²) >= 11 is 5.57. The van der Waals surface area contributed by atoms with Crippen LogP contribution in [0.15, 0.2) is 18.5 Å². The molecular weight excluding hydrogens is 516 g/mol. The lowest BCUT2D eigenvalue weighted by atomic mass is 10.1. The number of nitrogens with zero attached hydrogens (tertiary/aromatic N) is 7. The molecule has 2 saturated heterocycles. The zero-order valence-electron chi connectivity index (χ0n) is 18.9. The number of rotatable bonds is 5. The molecule has 4 rings (SSSR count). The van der Waals surface area contributed by atoms with Crippen molar-refractivity contribution in [1.29, 1.82) is 0 Å². The van der Waals surface area contributed by atoms with Crippen molar-refractivity contribution < 1.29 is 31.1 Å². The molecule has 2 aliphatic rings. The number of anilines is 2. The summed E-state index contributed by atoms with van der Waals surface area (Å²) in [5, 5.41) is 6.57. The number of carbonyl (C=O) groups excluding carboxylic acids is 1. The smallest absolute Gasteiger partial charge is 0.352 e. The van der Waals surface area contributed by atoms with E-state index < -0.39 is 28.6 Å². The molecule has 0 aliphatic carbocycles. The van der Waals surface area contributed by atoms with Crippen LogP contribution in [-0.4, -0.2) is 69.7 Å². The van der Waals surface area contributed by atoms with Gasteiger partial charge in [-0.05, 0) is 25.3 Å². The van der Waals surface area contributed by atoms with E-state index in [4.69, 9.17) is 11.6 Å². The molecule has 36 heavy (non-hydrogen) atoms. The van der Waals surface area contributed by atoms with Crippen LogP contribution >= 0.6 is 11.6 Å². The number of carbonyl (C=O) groups is 1. The molecule has 2 aromatic heterocycles. The third-order valence-electron chi connectivity index (χ3n) is 6.28. The highest BCUT2D eigenvalue weighted by atomic mass is 35.5. The minimum absolute atomic E-state index is 0.0758. The van der Waals surface area contributed by atoms with Crippen LogP contribution in [0.4, 0.5) is 38.1 Å². The Hall–Kier alpha value is -2.90. The molecule has 0 bridgehead atoms. The number of hydrogen-bond acceptors (Lipinski definition) is 7. The van der Waals surface area contributed by atoms with Gasteiger partial charge in [0.05, 0.1) is 11.1 Å². The van der Waals surface area contributed by atoms with Crippen molar-refractivity contribution >= 4 is 29.3 Å². The van der Waals surface area contributed by atoms with E-state index in [-0.39, 0.29) is 30.1 Å². The quantitative estimate of drug-likeness (QED) is 0.532. The first-order valence-electron chi connectivity index (χ1n) is 11.2. The summed E-state index contributed by atoms with van der Waals surface area (Å²) in [7, 11) is 0. The van der Waals surface area contributed by atoms with Crippen molar-refractivity contribution in [3.8, 4) is 0 Å². The monoisotopic (exact) mass is 537 g/mol. The summed E-state index contributed by atoms with van der Waals surface area (Å²) in [6.07, 6.45) is -5.61. The Morgan fingerprint density at radius 3 is 2.25 bits per heavy atom. The van der Waals surface area contributed by atoms with Crippen molar-refractivity contribution in [3.05, 3.63) is 34.7 Å². The predicted octanol–water partition coefficient (Wildman–Crippen LogP) is 4.06. The maximum atomic E-state index is 13.2. The molecular formula is C21H22ClF6N7O. The van der Waals surface area contributed by atoms with Gasteiger partial charge in [0.15, 0.2) is 11.0 Å². The molecule has 0 spiro atoms. The van der Waals surface area contributed by atoms with Crippen molar-refractivity contribution in [2.45, 2.75) is 44.1 Å². The molecule has 4 heterocycles. The van der Waals surface area contributed by atoms with E-state index in [1.807, 2.05) is 0 Å². The number of halogens is 7. The Balaban J connectivity index is 1.30. The van der Waals surface area contributed by atoms with Gasteiger partial charge in [-0.25, -0.2) is 9.97 Å². The SMILES string of the molecule is O=C(CC[C@H]1CCCN1c1cc(C(F)(F)F)c(Cl)nn1)N1CCN(c2ncc(C(F)(F)F)cn2)CC1. The number of amides is 1. The standard InChI is InChI=1S/C21H22ClF6N7O/c22-18-15(21(26,27)28)10-16(31-32-18)35-5-1-2-14(35)3-4-17(36)33-6-8-34(9-7-33)19-29-11-13(12-30-19)20(23,24)25/h10-12,14H,1-9H2/t14-/m1/s1. The Kier molecular flexibility index (Phi) is 7.43. The fourth-order valence-corrected chi connectivity index (χ4v) is 4.58. The second-order valence-electron chi connectivity index (χ2n) is 8.57. The number of hydrogen-bond donors (Lipinski definition) is 0. The summed E-state index contributed by atoms with van der Waals surface area (Å²) in [6, 6.07) is 0.727. The van der Waals surface area contributed by atoms with Crippen LogP contribution in [-0.2, 0) is 17.1 Å².